The van der Waals surface area contributed by atoms with Gasteiger partial charge in [0.1, 0.15) is 0 Å². The number of hydrogen-bond acceptors (Lipinski definition) is 3. The van der Waals surface area contributed by atoms with Gasteiger partial charge in [0.2, 0.25) is 0 Å². The third-order valence-corrected chi connectivity index (χ3v) is 2.27. The molecule has 0 aliphatic carbocycles. The van der Waals surface area contributed by atoms with Crippen molar-refractivity contribution in [1.82, 2.24) is 4.90 Å². The summed E-state index contributed by atoms with van der Waals surface area (Å²) in [5.74, 6) is 0. The summed E-state index contributed by atoms with van der Waals surface area (Å²) in [7, 11) is 0. The van der Waals surface area contributed by atoms with E-state index < -0.39 is 0 Å². The molecule has 0 radical (unpaired) electrons. The van der Waals surface area contributed by atoms with E-state index in [0.29, 0.717) is 0 Å². The quantitative estimate of drug-likeness (QED) is 0.546. The minimum Gasteiger partial charge on any atom is -0.396 e. The molecule has 3 heteroatoms. The number of nitrogens with zero attached hydrogens (tertiary/aromatic N) is 1. The number of aliphatic hydroxyl groups excluding tert-OH is 1. The number of rotatable bonds is 10. The van der Waals surface area contributed by atoms with E-state index in [-0.39, 0.29) is 6.61 Å². The summed E-state index contributed by atoms with van der Waals surface area (Å²) in [5.41, 5.74) is 0. The van der Waals surface area contributed by atoms with Gasteiger partial charge in [0.05, 0.1) is 6.61 Å². The van der Waals surface area contributed by atoms with Crippen molar-refractivity contribution in [2.45, 2.75) is 33.1 Å². The highest BCUT2D eigenvalue weighted by Crippen LogP contribution is 1.92. The molecule has 0 aliphatic rings. The third-order valence-electron chi connectivity index (χ3n) is 2.27. The molecule has 0 heterocycles. The van der Waals surface area contributed by atoms with Crippen molar-refractivity contribution in [2.24, 2.45) is 0 Å². The maximum absolute atomic E-state index is 8.69. The van der Waals surface area contributed by atoms with Crippen molar-refractivity contribution in [3.8, 4) is 0 Å². The standard InChI is InChI=1S/C11H25NO2/c1-3-5-10-14-11-8-12(4-2)7-6-9-13/h13H,3-11H2,1-2H3. The van der Waals surface area contributed by atoms with Crippen LogP contribution in [0.25, 0.3) is 0 Å². The van der Waals surface area contributed by atoms with Gasteiger partial charge in [-0.1, -0.05) is 20.3 Å². The second kappa shape index (κ2) is 11.0. The molecule has 3 nitrogen and oxygen atoms in total. The van der Waals surface area contributed by atoms with E-state index >= 15 is 0 Å². The fraction of sp³-hybridized carbons (Fsp3) is 1.00. The summed E-state index contributed by atoms with van der Waals surface area (Å²) in [6, 6.07) is 0. The van der Waals surface area contributed by atoms with Gasteiger partial charge in [-0.3, -0.25) is 0 Å². The van der Waals surface area contributed by atoms with Gasteiger partial charge in [0.15, 0.2) is 0 Å². The lowest BCUT2D eigenvalue weighted by Gasteiger charge is -2.19. The van der Waals surface area contributed by atoms with Crippen LogP contribution in [-0.2, 0) is 4.74 Å². The van der Waals surface area contributed by atoms with Gasteiger partial charge in [-0.05, 0) is 19.4 Å². The molecular weight excluding hydrogens is 178 g/mol. The molecular formula is C11H25NO2. The van der Waals surface area contributed by atoms with Crippen LogP contribution in [0.3, 0.4) is 0 Å². The number of ether oxygens (including phenoxy) is 1. The summed E-state index contributed by atoms with van der Waals surface area (Å²) in [4.78, 5) is 2.31. The van der Waals surface area contributed by atoms with Gasteiger partial charge in [0, 0.05) is 26.3 Å². The molecule has 0 unspecified atom stereocenters. The van der Waals surface area contributed by atoms with Gasteiger partial charge in [-0.15, -0.1) is 0 Å². The lowest BCUT2D eigenvalue weighted by Crippen LogP contribution is -2.29. The highest BCUT2D eigenvalue weighted by molar-refractivity contribution is 4.54. The molecule has 0 amide bonds. The van der Waals surface area contributed by atoms with Crippen LogP contribution in [0, 0.1) is 0 Å². The molecule has 0 aromatic carbocycles. The SMILES string of the molecule is CCCCOCCN(CC)CCCO. The van der Waals surface area contributed by atoms with Crippen LogP contribution in [0.2, 0.25) is 0 Å². The Morgan fingerprint density at radius 3 is 2.43 bits per heavy atom. The second-order valence-corrected chi connectivity index (χ2v) is 3.48. The van der Waals surface area contributed by atoms with Crippen molar-refractivity contribution < 1.29 is 9.84 Å². The smallest absolute Gasteiger partial charge is 0.0593 e. The zero-order valence-electron chi connectivity index (χ0n) is 9.67. The summed E-state index contributed by atoms with van der Waals surface area (Å²) in [6.07, 6.45) is 3.22. The highest BCUT2D eigenvalue weighted by atomic mass is 16.5. The van der Waals surface area contributed by atoms with E-state index in [1.807, 2.05) is 0 Å². The Bertz CT molecular complexity index is 109. The van der Waals surface area contributed by atoms with E-state index in [1.54, 1.807) is 0 Å². The second-order valence-electron chi connectivity index (χ2n) is 3.48. The fourth-order valence-electron chi connectivity index (χ4n) is 1.26. The van der Waals surface area contributed by atoms with Gasteiger partial charge < -0.3 is 14.7 Å². The molecule has 1 N–H and O–H groups in total. The van der Waals surface area contributed by atoms with Crippen molar-refractivity contribution in [3.63, 3.8) is 0 Å². The Kier molecular flexibility index (Phi) is 10.9. The van der Waals surface area contributed by atoms with Gasteiger partial charge in [-0.25, -0.2) is 0 Å². The summed E-state index contributed by atoms with van der Waals surface area (Å²) in [6.45, 7) is 9.30. The van der Waals surface area contributed by atoms with Crippen LogP contribution in [0.4, 0.5) is 0 Å². The minimum atomic E-state index is 0.285. The maximum Gasteiger partial charge on any atom is 0.0593 e. The molecule has 0 rings (SSSR count). The van der Waals surface area contributed by atoms with Gasteiger partial charge in [-0.2, -0.15) is 0 Å². The lowest BCUT2D eigenvalue weighted by molar-refractivity contribution is 0.100. The first kappa shape index (κ1) is 13.9. The van der Waals surface area contributed by atoms with Crippen LogP contribution >= 0.6 is 0 Å². The Morgan fingerprint density at radius 1 is 1.07 bits per heavy atom. The van der Waals surface area contributed by atoms with Crippen LogP contribution in [0.1, 0.15) is 33.1 Å². The Balaban J connectivity index is 3.24. The van der Waals surface area contributed by atoms with Gasteiger partial charge >= 0.3 is 0 Å². The Morgan fingerprint density at radius 2 is 1.86 bits per heavy atom. The molecule has 0 bridgehead atoms. The molecule has 0 spiro atoms. The van der Waals surface area contributed by atoms with Crippen molar-refractivity contribution in [1.29, 1.82) is 0 Å². The van der Waals surface area contributed by atoms with E-state index in [0.717, 1.165) is 45.7 Å². The molecule has 0 aromatic rings. The lowest BCUT2D eigenvalue weighted by atomic mass is 10.3. The number of hydrogen-bond donors (Lipinski definition) is 1. The summed E-state index contributed by atoms with van der Waals surface area (Å²) in [5, 5.41) is 8.69. The molecule has 0 atom stereocenters. The average molecular weight is 203 g/mol. The number of aliphatic hydroxyl groups is 1. The van der Waals surface area contributed by atoms with E-state index in [2.05, 4.69) is 18.7 Å². The fourth-order valence-corrected chi connectivity index (χ4v) is 1.26. The average Bonchev–Trinajstić information content (AvgIpc) is 2.22. The predicted octanol–water partition coefficient (Wildman–Crippen LogP) is 1.51. The third kappa shape index (κ3) is 8.48. The summed E-state index contributed by atoms with van der Waals surface area (Å²) < 4.78 is 5.48. The first-order valence-corrected chi connectivity index (χ1v) is 5.76. The first-order chi connectivity index (χ1) is 6.85. The molecule has 0 saturated carbocycles. The zero-order chi connectivity index (χ0) is 10.6. The van der Waals surface area contributed by atoms with E-state index in [1.165, 1.54) is 6.42 Å². The zero-order valence-corrected chi connectivity index (χ0v) is 9.67. The normalized spacial score (nSPS) is 11.1. The molecule has 0 aliphatic heterocycles. The number of likely N-dealkylation sites (N-methyl/N-ethyl adjacent to an activating group) is 1. The monoisotopic (exact) mass is 203 g/mol. The Labute approximate surface area is 88.1 Å². The highest BCUT2D eigenvalue weighted by Gasteiger charge is 2.00. The number of unbranched alkanes of at least 4 members (excludes halogenated alkanes) is 1. The van der Waals surface area contributed by atoms with Crippen molar-refractivity contribution in [3.05, 3.63) is 0 Å². The Hall–Kier alpha value is -0.120. The molecule has 0 aromatic heterocycles. The topological polar surface area (TPSA) is 32.7 Å². The maximum atomic E-state index is 8.69. The summed E-state index contributed by atoms with van der Waals surface area (Å²) >= 11 is 0. The largest absolute Gasteiger partial charge is 0.396 e. The van der Waals surface area contributed by atoms with Crippen LogP contribution in [0.15, 0.2) is 0 Å². The molecule has 0 saturated heterocycles. The van der Waals surface area contributed by atoms with Crippen LogP contribution < -0.4 is 0 Å². The molecule has 86 valence electrons. The van der Waals surface area contributed by atoms with Crippen molar-refractivity contribution >= 4 is 0 Å². The van der Waals surface area contributed by atoms with Crippen LogP contribution in [-0.4, -0.2) is 49.5 Å². The van der Waals surface area contributed by atoms with Crippen LogP contribution in [0.5, 0.6) is 0 Å². The molecule has 14 heavy (non-hydrogen) atoms. The van der Waals surface area contributed by atoms with Gasteiger partial charge in [0.25, 0.3) is 0 Å². The van der Waals surface area contributed by atoms with E-state index in [9.17, 15) is 0 Å². The van der Waals surface area contributed by atoms with E-state index in [4.69, 9.17) is 9.84 Å². The predicted molar refractivity (Wildman–Crippen MR) is 59.5 cm³/mol. The molecule has 0 fully saturated rings. The minimum absolute atomic E-state index is 0.285. The first-order valence-electron chi connectivity index (χ1n) is 5.76. The van der Waals surface area contributed by atoms with Crippen molar-refractivity contribution in [2.75, 3.05) is 39.5 Å².